The first-order chi connectivity index (χ1) is 16.3. The van der Waals surface area contributed by atoms with Crippen LogP contribution in [0, 0.1) is 0 Å². The van der Waals surface area contributed by atoms with Crippen molar-refractivity contribution in [2.24, 2.45) is 0 Å². The fourth-order valence-corrected chi connectivity index (χ4v) is 4.64. The summed E-state index contributed by atoms with van der Waals surface area (Å²) in [4.78, 5) is 32.6. The van der Waals surface area contributed by atoms with Gasteiger partial charge in [-0.25, -0.2) is 9.97 Å². The van der Waals surface area contributed by atoms with Crippen molar-refractivity contribution in [3.05, 3.63) is 89.6 Å². The molecule has 0 saturated heterocycles. The summed E-state index contributed by atoms with van der Waals surface area (Å²) in [5, 5.41) is 3.54. The molecule has 162 valence electrons. The average Bonchev–Trinajstić information content (AvgIpc) is 3.52. The summed E-state index contributed by atoms with van der Waals surface area (Å²) in [7, 11) is 0. The topological polar surface area (TPSA) is 83.9 Å². The largest absolute Gasteiger partial charge is 0.340 e. The average molecular weight is 435 g/mol. The van der Waals surface area contributed by atoms with Gasteiger partial charge in [0, 0.05) is 59.5 Å². The third kappa shape index (κ3) is 3.61. The highest BCUT2D eigenvalue weighted by Crippen LogP contribution is 2.35. The van der Waals surface area contributed by atoms with Crippen LogP contribution in [-0.4, -0.2) is 32.4 Å². The van der Waals surface area contributed by atoms with Crippen molar-refractivity contribution in [1.29, 1.82) is 0 Å². The molecule has 0 bridgehead atoms. The number of amides is 1. The van der Waals surface area contributed by atoms with E-state index >= 15 is 0 Å². The molecule has 0 spiro atoms. The van der Waals surface area contributed by atoms with Gasteiger partial charge in [0.15, 0.2) is 5.82 Å². The molecule has 1 N–H and O–H groups in total. The molecule has 0 radical (unpaired) electrons. The number of nitrogens with zero attached hydrogens (tertiary/aromatic N) is 5. The molecule has 0 fully saturated rings. The molecular weight excluding hydrogens is 412 g/mol. The van der Waals surface area contributed by atoms with Crippen molar-refractivity contribution in [3.63, 3.8) is 0 Å². The quantitative estimate of drug-likeness (QED) is 0.514. The van der Waals surface area contributed by atoms with Gasteiger partial charge in [-0.1, -0.05) is 0 Å². The summed E-state index contributed by atoms with van der Waals surface area (Å²) in [6.07, 6.45) is 10.7. The summed E-state index contributed by atoms with van der Waals surface area (Å²) in [6, 6.07) is 13.6. The molecule has 6 rings (SSSR count). The van der Waals surface area contributed by atoms with Gasteiger partial charge in [-0.2, -0.15) is 0 Å². The van der Waals surface area contributed by atoms with E-state index in [4.69, 9.17) is 9.97 Å². The number of nitrogens with one attached hydrogen (secondary N) is 1. The first-order valence-corrected chi connectivity index (χ1v) is 11.2. The zero-order valence-corrected chi connectivity index (χ0v) is 18.0. The standard InChI is InChI=1S/C26H22N6O/c33-26(19-3-2-11-28-16-19)32-14-10-18-15-20(6-7-23(18)32)29-25-21-4-1-5-22(21)30-24(31-25)17-8-12-27-13-9-17/h2-3,6-9,11-13,15-16H,1,4-5,10,14H2,(H,29,30,31). The normalized spacial score (nSPS) is 14.1. The minimum absolute atomic E-state index is 0.0156. The highest BCUT2D eigenvalue weighted by molar-refractivity contribution is 6.07. The summed E-state index contributed by atoms with van der Waals surface area (Å²) >= 11 is 0. The van der Waals surface area contributed by atoms with Crippen molar-refractivity contribution < 1.29 is 4.79 Å². The van der Waals surface area contributed by atoms with Crippen LogP contribution in [0.4, 0.5) is 17.2 Å². The lowest BCUT2D eigenvalue weighted by molar-refractivity contribution is 0.0989. The maximum atomic E-state index is 12.9. The van der Waals surface area contributed by atoms with E-state index in [-0.39, 0.29) is 5.91 Å². The van der Waals surface area contributed by atoms with Crippen molar-refractivity contribution in [2.75, 3.05) is 16.8 Å². The van der Waals surface area contributed by atoms with E-state index in [0.29, 0.717) is 12.1 Å². The fourth-order valence-electron chi connectivity index (χ4n) is 4.64. The van der Waals surface area contributed by atoms with Crippen molar-refractivity contribution >= 4 is 23.1 Å². The molecule has 4 aromatic rings. The monoisotopic (exact) mass is 434 g/mol. The Kier molecular flexibility index (Phi) is 4.79. The van der Waals surface area contributed by atoms with E-state index in [1.165, 1.54) is 5.56 Å². The van der Waals surface area contributed by atoms with Crippen LogP contribution in [0.2, 0.25) is 0 Å². The number of benzene rings is 1. The lowest BCUT2D eigenvalue weighted by atomic mass is 10.1. The first-order valence-electron chi connectivity index (χ1n) is 11.2. The Balaban J connectivity index is 1.30. The van der Waals surface area contributed by atoms with Crippen LogP contribution in [0.5, 0.6) is 0 Å². The van der Waals surface area contributed by atoms with Crippen molar-refractivity contribution in [2.45, 2.75) is 25.7 Å². The van der Waals surface area contributed by atoms with E-state index in [2.05, 4.69) is 21.4 Å². The molecule has 0 saturated carbocycles. The lowest BCUT2D eigenvalue weighted by Gasteiger charge is -2.18. The van der Waals surface area contributed by atoms with Gasteiger partial charge in [0.25, 0.3) is 5.91 Å². The molecule has 1 aromatic carbocycles. The van der Waals surface area contributed by atoms with Crippen LogP contribution >= 0.6 is 0 Å². The smallest absolute Gasteiger partial charge is 0.259 e. The zero-order chi connectivity index (χ0) is 22.2. The number of anilines is 3. The van der Waals surface area contributed by atoms with E-state index in [9.17, 15) is 4.79 Å². The Morgan fingerprint density at radius 1 is 0.939 bits per heavy atom. The van der Waals surface area contributed by atoms with E-state index in [1.807, 2.05) is 29.2 Å². The number of hydrogen-bond acceptors (Lipinski definition) is 6. The number of fused-ring (bicyclic) bond motifs is 2. The molecule has 3 aromatic heterocycles. The van der Waals surface area contributed by atoms with Crippen LogP contribution in [0.25, 0.3) is 11.4 Å². The second kappa shape index (κ2) is 8.09. The third-order valence-electron chi connectivity index (χ3n) is 6.26. The molecule has 0 unspecified atom stereocenters. The van der Waals surface area contributed by atoms with Gasteiger partial charge in [0.2, 0.25) is 0 Å². The highest BCUT2D eigenvalue weighted by Gasteiger charge is 2.26. The number of hydrogen-bond donors (Lipinski definition) is 1. The Labute approximate surface area is 191 Å². The van der Waals surface area contributed by atoms with E-state index < -0.39 is 0 Å². The number of pyridine rings is 2. The van der Waals surface area contributed by atoms with Crippen LogP contribution in [0.15, 0.2) is 67.3 Å². The molecule has 0 atom stereocenters. The summed E-state index contributed by atoms with van der Waals surface area (Å²) in [5.41, 5.74) is 6.96. The molecule has 4 heterocycles. The number of carbonyl (C=O) groups is 1. The van der Waals surface area contributed by atoms with Crippen LogP contribution < -0.4 is 10.2 Å². The van der Waals surface area contributed by atoms with Crippen LogP contribution in [-0.2, 0) is 19.3 Å². The highest BCUT2D eigenvalue weighted by atomic mass is 16.2. The first kappa shape index (κ1) is 19.5. The summed E-state index contributed by atoms with van der Waals surface area (Å²) < 4.78 is 0. The number of aryl methyl sites for hydroxylation is 1. The molecule has 1 aliphatic heterocycles. The molecule has 7 nitrogen and oxygen atoms in total. The minimum atomic E-state index is -0.0156. The van der Waals surface area contributed by atoms with Crippen LogP contribution in [0.3, 0.4) is 0 Å². The molecule has 2 aliphatic rings. The number of rotatable bonds is 4. The third-order valence-corrected chi connectivity index (χ3v) is 6.26. The SMILES string of the molecule is O=C(c1cccnc1)N1CCc2cc(Nc3nc(-c4ccncc4)nc4c3CCC4)ccc21. The maximum absolute atomic E-state index is 12.9. The molecule has 1 amide bonds. The number of carbonyl (C=O) groups excluding carboxylic acids is 1. The van der Waals surface area contributed by atoms with Gasteiger partial charge in [-0.15, -0.1) is 0 Å². The Morgan fingerprint density at radius 3 is 2.70 bits per heavy atom. The van der Waals surface area contributed by atoms with Gasteiger partial charge in [-0.05, 0) is 73.7 Å². The minimum Gasteiger partial charge on any atom is -0.340 e. The lowest BCUT2D eigenvalue weighted by Crippen LogP contribution is -2.28. The fraction of sp³-hybridized carbons (Fsp3) is 0.192. The summed E-state index contributed by atoms with van der Waals surface area (Å²) in [6.45, 7) is 0.668. The van der Waals surface area contributed by atoms with Gasteiger partial charge < -0.3 is 10.2 Å². The van der Waals surface area contributed by atoms with Gasteiger partial charge in [0.1, 0.15) is 5.82 Å². The second-order valence-corrected chi connectivity index (χ2v) is 8.33. The molecule has 33 heavy (non-hydrogen) atoms. The Morgan fingerprint density at radius 2 is 1.85 bits per heavy atom. The zero-order valence-electron chi connectivity index (χ0n) is 18.0. The van der Waals surface area contributed by atoms with E-state index in [0.717, 1.165) is 65.5 Å². The van der Waals surface area contributed by atoms with Crippen LogP contribution in [0.1, 0.15) is 33.6 Å². The molecule has 1 aliphatic carbocycles. The van der Waals surface area contributed by atoms with Gasteiger partial charge in [-0.3, -0.25) is 14.8 Å². The maximum Gasteiger partial charge on any atom is 0.259 e. The molecular formula is C26H22N6O. The second-order valence-electron chi connectivity index (χ2n) is 8.33. The summed E-state index contributed by atoms with van der Waals surface area (Å²) in [5.74, 6) is 1.57. The van der Waals surface area contributed by atoms with Gasteiger partial charge in [0.05, 0.1) is 5.56 Å². The van der Waals surface area contributed by atoms with Crippen molar-refractivity contribution in [3.8, 4) is 11.4 Å². The number of aromatic nitrogens is 4. The molecule has 7 heteroatoms. The Hall–Kier alpha value is -4.13. The predicted molar refractivity (Wildman–Crippen MR) is 127 cm³/mol. The van der Waals surface area contributed by atoms with Gasteiger partial charge >= 0.3 is 0 Å². The predicted octanol–water partition coefficient (Wildman–Crippen LogP) is 4.37. The van der Waals surface area contributed by atoms with Crippen molar-refractivity contribution in [1.82, 2.24) is 19.9 Å². The Bertz CT molecular complexity index is 1340. The van der Waals surface area contributed by atoms with E-state index in [1.54, 1.807) is 36.9 Å².